The van der Waals surface area contributed by atoms with Gasteiger partial charge in [-0.05, 0) is 57.8 Å². The zero-order valence-corrected chi connectivity index (χ0v) is 49.2. The summed E-state index contributed by atoms with van der Waals surface area (Å²) in [5.41, 5.74) is 0. The van der Waals surface area contributed by atoms with Crippen molar-refractivity contribution in [2.75, 3.05) is 13.2 Å². The summed E-state index contributed by atoms with van der Waals surface area (Å²) in [5, 5.41) is 0. The van der Waals surface area contributed by atoms with Gasteiger partial charge in [0.05, 0.1) is 0 Å². The van der Waals surface area contributed by atoms with Crippen molar-refractivity contribution in [3.05, 3.63) is 36.5 Å². The average Bonchev–Trinajstić information content (AvgIpc) is 3.39. The van der Waals surface area contributed by atoms with Gasteiger partial charge in [-0.25, -0.2) is 0 Å². The average molecular weight is 1030 g/mol. The van der Waals surface area contributed by atoms with E-state index in [1.54, 1.807) is 0 Å². The second-order valence-corrected chi connectivity index (χ2v) is 22.0. The molecule has 0 aromatic carbocycles. The van der Waals surface area contributed by atoms with Crippen LogP contribution in [0.1, 0.15) is 355 Å². The maximum atomic E-state index is 12.9. The van der Waals surface area contributed by atoms with Crippen molar-refractivity contribution in [3.63, 3.8) is 0 Å². The fourth-order valence-electron chi connectivity index (χ4n) is 9.75. The Morgan fingerprint density at radius 3 is 0.767 bits per heavy atom. The minimum Gasteiger partial charge on any atom is -0.462 e. The first-order valence-corrected chi connectivity index (χ1v) is 32.5. The van der Waals surface area contributed by atoms with E-state index in [4.69, 9.17) is 14.2 Å². The third-order valence-corrected chi connectivity index (χ3v) is 14.6. The highest BCUT2D eigenvalue weighted by Crippen LogP contribution is 2.18. The van der Waals surface area contributed by atoms with Crippen LogP contribution in [0.4, 0.5) is 0 Å². The maximum Gasteiger partial charge on any atom is 0.306 e. The van der Waals surface area contributed by atoms with E-state index in [0.29, 0.717) is 19.3 Å². The summed E-state index contributed by atoms with van der Waals surface area (Å²) in [6.07, 6.45) is 75.8. The van der Waals surface area contributed by atoms with Gasteiger partial charge in [-0.3, -0.25) is 14.4 Å². The third kappa shape index (κ3) is 60.4. The van der Waals surface area contributed by atoms with Gasteiger partial charge in [-0.1, -0.05) is 314 Å². The zero-order chi connectivity index (χ0) is 52.9. The van der Waals surface area contributed by atoms with E-state index in [-0.39, 0.29) is 31.1 Å². The summed E-state index contributed by atoms with van der Waals surface area (Å²) < 4.78 is 16.9. The van der Waals surface area contributed by atoms with Crippen LogP contribution in [0.25, 0.3) is 0 Å². The lowest BCUT2D eigenvalue weighted by molar-refractivity contribution is -0.167. The molecule has 0 saturated carbocycles. The number of hydrogen-bond donors (Lipinski definition) is 0. The van der Waals surface area contributed by atoms with E-state index in [1.165, 1.54) is 244 Å². The van der Waals surface area contributed by atoms with E-state index in [2.05, 4.69) is 57.2 Å². The van der Waals surface area contributed by atoms with Crippen LogP contribution in [0.15, 0.2) is 36.5 Å². The number of hydrogen-bond acceptors (Lipinski definition) is 6. The highest BCUT2D eigenvalue weighted by Gasteiger charge is 2.19. The summed E-state index contributed by atoms with van der Waals surface area (Å²) in [5.74, 6) is -0.844. The monoisotopic (exact) mass is 1020 g/mol. The van der Waals surface area contributed by atoms with E-state index < -0.39 is 6.10 Å². The molecule has 0 N–H and O–H groups in total. The molecule has 0 aliphatic heterocycles. The second-order valence-electron chi connectivity index (χ2n) is 22.0. The Balaban J connectivity index is 4.20. The molecule has 0 aliphatic rings. The Kier molecular flexibility index (Phi) is 60.2. The molecule has 6 nitrogen and oxygen atoms in total. The quantitative estimate of drug-likeness (QED) is 0.0261. The number of carbonyl (C=O) groups excluding carboxylic acids is 3. The standard InChI is InChI=1S/C67H124O6/c1-4-7-10-13-16-19-22-25-27-29-30-31-32-33-34-35-36-37-38-39-41-42-45-48-51-54-57-60-66(69)72-63-64(62-71-65(68)59-56-53-50-47-44-24-21-18-15-12-9-6-3)73-67(70)61-58-55-52-49-46-43-40-28-26-23-20-17-14-11-8-5-2/h22,25,29-30,32-33,64H,4-21,23-24,26-28,31,34-63H2,1-3H3/b25-22-,30-29-,33-32-. The first-order valence-electron chi connectivity index (χ1n) is 32.5. The van der Waals surface area contributed by atoms with Gasteiger partial charge >= 0.3 is 17.9 Å². The fraction of sp³-hybridized carbons (Fsp3) is 0.866. The van der Waals surface area contributed by atoms with Crippen LogP contribution in [-0.2, 0) is 28.6 Å². The molecule has 428 valence electrons. The molecule has 6 heteroatoms. The zero-order valence-electron chi connectivity index (χ0n) is 49.2. The molecule has 0 amide bonds. The Hall–Kier alpha value is -2.37. The lowest BCUT2D eigenvalue weighted by Crippen LogP contribution is -2.30. The van der Waals surface area contributed by atoms with Crippen LogP contribution in [0.2, 0.25) is 0 Å². The van der Waals surface area contributed by atoms with Crippen molar-refractivity contribution < 1.29 is 28.6 Å². The summed E-state index contributed by atoms with van der Waals surface area (Å²) in [6, 6.07) is 0. The summed E-state index contributed by atoms with van der Waals surface area (Å²) in [6.45, 7) is 6.68. The van der Waals surface area contributed by atoms with Gasteiger partial charge < -0.3 is 14.2 Å². The molecule has 0 saturated heterocycles. The van der Waals surface area contributed by atoms with Crippen molar-refractivity contribution in [1.82, 2.24) is 0 Å². The molecule has 1 unspecified atom stereocenters. The number of allylic oxidation sites excluding steroid dienone is 6. The van der Waals surface area contributed by atoms with Crippen molar-refractivity contribution in [2.45, 2.75) is 361 Å². The van der Waals surface area contributed by atoms with Crippen LogP contribution in [-0.4, -0.2) is 37.2 Å². The van der Waals surface area contributed by atoms with Crippen LogP contribution >= 0.6 is 0 Å². The largest absolute Gasteiger partial charge is 0.462 e. The molecule has 0 aromatic rings. The SMILES string of the molecule is CCCCCCC/C=C\C/C=C\C/C=C\CCCCCCCCCCCCCCC(=O)OCC(COC(=O)CCCCCCCCCCCCCC)OC(=O)CCCCCCCCCCCCCCCCCC. The second kappa shape index (κ2) is 62.2. The Labute approximate surface area is 455 Å². The summed E-state index contributed by atoms with van der Waals surface area (Å²) in [7, 11) is 0. The predicted octanol–water partition coefficient (Wildman–Crippen LogP) is 22.0. The molecule has 0 rings (SSSR count). The molecule has 0 bridgehead atoms. The Morgan fingerprint density at radius 1 is 0.274 bits per heavy atom. The molecule has 1 atom stereocenters. The molecule has 0 spiro atoms. The van der Waals surface area contributed by atoms with E-state index in [9.17, 15) is 14.4 Å². The van der Waals surface area contributed by atoms with Gasteiger partial charge in [0.15, 0.2) is 6.10 Å². The minimum atomic E-state index is -0.768. The molecule has 0 heterocycles. The van der Waals surface area contributed by atoms with E-state index in [1.807, 2.05) is 0 Å². The van der Waals surface area contributed by atoms with Gasteiger partial charge in [0.1, 0.15) is 13.2 Å². The first kappa shape index (κ1) is 70.6. The number of ether oxygens (including phenoxy) is 3. The molecular weight excluding hydrogens is 901 g/mol. The van der Waals surface area contributed by atoms with Crippen LogP contribution in [0, 0.1) is 0 Å². The smallest absolute Gasteiger partial charge is 0.306 e. The molecular formula is C67H124O6. The van der Waals surface area contributed by atoms with Crippen molar-refractivity contribution in [1.29, 1.82) is 0 Å². The number of unbranched alkanes of at least 4 members (excludes halogenated alkanes) is 43. The first-order chi connectivity index (χ1) is 36.0. The third-order valence-electron chi connectivity index (χ3n) is 14.6. The Bertz CT molecular complexity index is 1220. The highest BCUT2D eigenvalue weighted by molar-refractivity contribution is 5.71. The predicted molar refractivity (Wildman–Crippen MR) is 316 cm³/mol. The van der Waals surface area contributed by atoms with Gasteiger partial charge in [-0.2, -0.15) is 0 Å². The molecule has 0 aliphatic carbocycles. The summed E-state index contributed by atoms with van der Waals surface area (Å²) >= 11 is 0. The number of carbonyl (C=O) groups is 3. The topological polar surface area (TPSA) is 78.9 Å². The normalized spacial score (nSPS) is 12.2. The Morgan fingerprint density at radius 2 is 0.493 bits per heavy atom. The fourth-order valence-corrected chi connectivity index (χ4v) is 9.75. The van der Waals surface area contributed by atoms with Crippen LogP contribution in [0.3, 0.4) is 0 Å². The number of esters is 3. The molecule has 0 fully saturated rings. The lowest BCUT2D eigenvalue weighted by atomic mass is 10.0. The van der Waals surface area contributed by atoms with E-state index in [0.717, 1.165) is 70.6 Å². The minimum absolute atomic E-state index is 0.0665. The van der Waals surface area contributed by atoms with Crippen molar-refractivity contribution >= 4 is 17.9 Å². The molecule has 0 radical (unpaired) electrons. The van der Waals surface area contributed by atoms with Crippen molar-refractivity contribution in [2.24, 2.45) is 0 Å². The van der Waals surface area contributed by atoms with Crippen molar-refractivity contribution in [3.8, 4) is 0 Å². The van der Waals surface area contributed by atoms with Gasteiger partial charge in [0.2, 0.25) is 0 Å². The highest BCUT2D eigenvalue weighted by atomic mass is 16.6. The maximum absolute atomic E-state index is 12.9. The van der Waals surface area contributed by atoms with Gasteiger partial charge in [0, 0.05) is 19.3 Å². The van der Waals surface area contributed by atoms with Crippen LogP contribution in [0.5, 0.6) is 0 Å². The molecule has 73 heavy (non-hydrogen) atoms. The van der Waals surface area contributed by atoms with Gasteiger partial charge in [0.25, 0.3) is 0 Å². The lowest BCUT2D eigenvalue weighted by Gasteiger charge is -2.18. The van der Waals surface area contributed by atoms with Gasteiger partial charge in [-0.15, -0.1) is 0 Å². The number of rotatable bonds is 60. The molecule has 0 aromatic heterocycles. The van der Waals surface area contributed by atoms with E-state index >= 15 is 0 Å². The van der Waals surface area contributed by atoms with Crippen LogP contribution < -0.4 is 0 Å². The summed E-state index contributed by atoms with van der Waals surface area (Å²) in [4.78, 5) is 38.2.